The molecule has 0 saturated heterocycles. The third kappa shape index (κ3) is 3.66. The van der Waals surface area contributed by atoms with Gasteiger partial charge in [0.25, 0.3) is 0 Å². The summed E-state index contributed by atoms with van der Waals surface area (Å²) in [6.07, 6.45) is 3.29. The van der Waals surface area contributed by atoms with Crippen molar-refractivity contribution in [1.29, 1.82) is 0 Å². The lowest BCUT2D eigenvalue weighted by Gasteiger charge is -2.20. The number of anilines is 1. The summed E-state index contributed by atoms with van der Waals surface area (Å²) in [5.41, 5.74) is 5.60. The fraction of sp³-hybridized carbons (Fsp3) is 0.636. The Morgan fingerprint density at radius 2 is 2.19 bits per heavy atom. The van der Waals surface area contributed by atoms with E-state index in [4.69, 9.17) is 10.5 Å². The largest absolute Gasteiger partial charge is 0.477 e. The number of ether oxygens (including phenoxy) is 1. The smallest absolute Gasteiger partial charge is 0.234 e. The standard InChI is InChI=1S/C11H20N4O/c1-4-16-11-7-13-6-10(15-11)14-9(3)8(2)5-12/h6-9H,4-5,12H2,1-3H3,(H,14,15). The van der Waals surface area contributed by atoms with Crippen LogP contribution in [0, 0.1) is 5.92 Å². The molecule has 0 aliphatic carbocycles. The van der Waals surface area contributed by atoms with Crippen LogP contribution in [0.3, 0.4) is 0 Å². The zero-order valence-corrected chi connectivity index (χ0v) is 10.1. The van der Waals surface area contributed by atoms with E-state index in [0.717, 1.165) is 5.82 Å². The van der Waals surface area contributed by atoms with Crippen molar-refractivity contribution in [2.45, 2.75) is 26.8 Å². The molecule has 0 aliphatic heterocycles. The zero-order chi connectivity index (χ0) is 12.0. The maximum atomic E-state index is 5.60. The highest BCUT2D eigenvalue weighted by atomic mass is 16.5. The molecule has 0 amide bonds. The Morgan fingerprint density at radius 3 is 2.81 bits per heavy atom. The van der Waals surface area contributed by atoms with Crippen molar-refractivity contribution < 1.29 is 4.74 Å². The molecule has 0 bridgehead atoms. The van der Waals surface area contributed by atoms with Gasteiger partial charge in [-0.2, -0.15) is 4.98 Å². The van der Waals surface area contributed by atoms with Crippen LogP contribution in [0.25, 0.3) is 0 Å². The van der Waals surface area contributed by atoms with E-state index in [-0.39, 0.29) is 6.04 Å². The minimum atomic E-state index is 0.260. The normalized spacial score (nSPS) is 14.2. The van der Waals surface area contributed by atoms with Gasteiger partial charge in [0.05, 0.1) is 19.0 Å². The molecule has 0 fully saturated rings. The van der Waals surface area contributed by atoms with Gasteiger partial charge in [-0.3, -0.25) is 4.98 Å². The predicted octanol–water partition coefficient (Wildman–Crippen LogP) is 1.27. The minimum absolute atomic E-state index is 0.260. The summed E-state index contributed by atoms with van der Waals surface area (Å²) < 4.78 is 5.28. The summed E-state index contributed by atoms with van der Waals surface area (Å²) in [4.78, 5) is 8.34. The van der Waals surface area contributed by atoms with Crippen LogP contribution in [0.15, 0.2) is 12.4 Å². The van der Waals surface area contributed by atoms with Crippen LogP contribution in [0.4, 0.5) is 5.82 Å². The number of nitrogens with two attached hydrogens (primary N) is 1. The van der Waals surface area contributed by atoms with Gasteiger partial charge in [0.15, 0.2) is 0 Å². The molecule has 90 valence electrons. The number of aromatic nitrogens is 2. The summed E-state index contributed by atoms with van der Waals surface area (Å²) in [5.74, 6) is 1.65. The van der Waals surface area contributed by atoms with Crippen LogP contribution in [0.2, 0.25) is 0 Å². The summed E-state index contributed by atoms with van der Waals surface area (Å²) in [6, 6.07) is 0.260. The second-order valence-electron chi connectivity index (χ2n) is 3.82. The summed E-state index contributed by atoms with van der Waals surface area (Å²) in [6.45, 7) is 7.32. The van der Waals surface area contributed by atoms with Crippen molar-refractivity contribution in [2.24, 2.45) is 11.7 Å². The van der Waals surface area contributed by atoms with Crippen LogP contribution in [-0.2, 0) is 0 Å². The Labute approximate surface area is 96.4 Å². The highest BCUT2D eigenvalue weighted by Gasteiger charge is 2.11. The van der Waals surface area contributed by atoms with Crippen LogP contribution >= 0.6 is 0 Å². The molecule has 1 aromatic rings. The van der Waals surface area contributed by atoms with Crippen molar-refractivity contribution in [3.63, 3.8) is 0 Å². The van der Waals surface area contributed by atoms with Gasteiger partial charge in [-0.15, -0.1) is 0 Å². The topological polar surface area (TPSA) is 73.1 Å². The van der Waals surface area contributed by atoms with Crippen LogP contribution in [-0.4, -0.2) is 29.2 Å². The molecule has 1 rings (SSSR count). The predicted molar refractivity (Wildman–Crippen MR) is 64.5 cm³/mol. The van der Waals surface area contributed by atoms with E-state index in [1.807, 2.05) is 6.92 Å². The molecule has 0 saturated carbocycles. The third-order valence-corrected chi connectivity index (χ3v) is 2.51. The van der Waals surface area contributed by atoms with E-state index in [0.29, 0.717) is 24.9 Å². The molecule has 1 heterocycles. The maximum absolute atomic E-state index is 5.60. The first-order valence-electron chi connectivity index (χ1n) is 5.58. The fourth-order valence-corrected chi connectivity index (χ4v) is 1.21. The average molecular weight is 224 g/mol. The average Bonchev–Trinajstić information content (AvgIpc) is 2.29. The van der Waals surface area contributed by atoms with Crippen molar-refractivity contribution in [3.8, 4) is 5.88 Å². The maximum Gasteiger partial charge on any atom is 0.234 e. The molecule has 0 radical (unpaired) electrons. The van der Waals surface area contributed by atoms with Gasteiger partial charge in [0.2, 0.25) is 5.88 Å². The monoisotopic (exact) mass is 224 g/mol. The molecule has 5 nitrogen and oxygen atoms in total. The molecule has 16 heavy (non-hydrogen) atoms. The van der Waals surface area contributed by atoms with Crippen molar-refractivity contribution >= 4 is 5.82 Å². The lowest BCUT2D eigenvalue weighted by Crippen LogP contribution is -2.29. The van der Waals surface area contributed by atoms with E-state index in [9.17, 15) is 0 Å². The SMILES string of the molecule is CCOc1cncc(NC(C)C(C)CN)n1. The van der Waals surface area contributed by atoms with Gasteiger partial charge >= 0.3 is 0 Å². The number of nitrogens with zero attached hydrogens (tertiary/aromatic N) is 2. The van der Waals surface area contributed by atoms with Gasteiger partial charge in [0, 0.05) is 6.04 Å². The van der Waals surface area contributed by atoms with Crippen LogP contribution in [0.5, 0.6) is 5.88 Å². The lowest BCUT2D eigenvalue weighted by molar-refractivity contribution is 0.325. The van der Waals surface area contributed by atoms with Crippen molar-refractivity contribution in [3.05, 3.63) is 12.4 Å². The van der Waals surface area contributed by atoms with Gasteiger partial charge in [0.1, 0.15) is 5.82 Å². The van der Waals surface area contributed by atoms with Crippen molar-refractivity contribution in [1.82, 2.24) is 9.97 Å². The molecule has 0 spiro atoms. The number of rotatable bonds is 6. The number of hydrogen-bond acceptors (Lipinski definition) is 5. The Balaban J connectivity index is 2.62. The first-order valence-corrected chi connectivity index (χ1v) is 5.58. The first-order chi connectivity index (χ1) is 7.67. The second kappa shape index (κ2) is 6.27. The van der Waals surface area contributed by atoms with Gasteiger partial charge < -0.3 is 15.8 Å². The van der Waals surface area contributed by atoms with Crippen molar-refractivity contribution in [2.75, 3.05) is 18.5 Å². The molecule has 0 aliphatic rings. The quantitative estimate of drug-likeness (QED) is 0.761. The fourth-order valence-electron chi connectivity index (χ4n) is 1.21. The molecule has 5 heteroatoms. The molecule has 0 aromatic carbocycles. The lowest BCUT2D eigenvalue weighted by atomic mass is 10.0. The van der Waals surface area contributed by atoms with Gasteiger partial charge in [-0.1, -0.05) is 6.92 Å². The van der Waals surface area contributed by atoms with Crippen LogP contribution in [0.1, 0.15) is 20.8 Å². The van der Waals surface area contributed by atoms with Gasteiger partial charge in [-0.05, 0) is 26.3 Å². The summed E-state index contributed by atoms with van der Waals surface area (Å²) in [5, 5.41) is 3.26. The second-order valence-corrected chi connectivity index (χ2v) is 3.82. The van der Waals surface area contributed by atoms with E-state index in [1.165, 1.54) is 0 Å². The van der Waals surface area contributed by atoms with E-state index >= 15 is 0 Å². The van der Waals surface area contributed by atoms with E-state index < -0.39 is 0 Å². The molecular formula is C11H20N4O. The first kappa shape index (κ1) is 12.7. The summed E-state index contributed by atoms with van der Waals surface area (Å²) in [7, 11) is 0. The number of hydrogen-bond donors (Lipinski definition) is 2. The van der Waals surface area contributed by atoms with E-state index in [1.54, 1.807) is 12.4 Å². The summed E-state index contributed by atoms with van der Waals surface area (Å²) >= 11 is 0. The molecule has 3 N–H and O–H groups in total. The third-order valence-electron chi connectivity index (χ3n) is 2.51. The highest BCUT2D eigenvalue weighted by molar-refractivity contribution is 5.34. The molecular weight excluding hydrogens is 204 g/mol. The number of nitrogens with one attached hydrogen (secondary N) is 1. The van der Waals surface area contributed by atoms with E-state index in [2.05, 4.69) is 29.1 Å². The molecule has 1 aromatic heterocycles. The van der Waals surface area contributed by atoms with Gasteiger partial charge in [-0.25, -0.2) is 0 Å². The van der Waals surface area contributed by atoms with Crippen LogP contribution < -0.4 is 15.8 Å². The Bertz CT molecular complexity index is 319. The zero-order valence-electron chi connectivity index (χ0n) is 10.1. The highest BCUT2D eigenvalue weighted by Crippen LogP contribution is 2.12. The Hall–Kier alpha value is -1.36. The molecule has 2 atom stereocenters. The Morgan fingerprint density at radius 1 is 1.44 bits per heavy atom. The minimum Gasteiger partial charge on any atom is -0.477 e. The Kier molecular flexibility index (Phi) is 4.98. The molecule has 2 unspecified atom stereocenters.